The van der Waals surface area contributed by atoms with Gasteiger partial charge < -0.3 is 4.90 Å². The highest BCUT2D eigenvalue weighted by Crippen LogP contribution is 2.33. The third-order valence-corrected chi connectivity index (χ3v) is 3.63. The van der Waals surface area contributed by atoms with Crippen LogP contribution in [0, 0.1) is 11.3 Å². The van der Waals surface area contributed by atoms with Crippen LogP contribution in [-0.4, -0.2) is 23.3 Å². The molecule has 80 valence electrons. The van der Waals surface area contributed by atoms with E-state index in [1.807, 2.05) is 0 Å². The van der Waals surface area contributed by atoms with Crippen LogP contribution in [0.2, 0.25) is 0 Å². The minimum atomic E-state index is 0.622. The zero-order valence-corrected chi connectivity index (χ0v) is 9.26. The molecule has 14 heavy (non-hydrogen) atoms. The van der Waals surface area contributed by atoms with Gasteiger partial charge in [-0.15, -0.1) is 0 Å². The van der Waals surface area contributed by atoms with Crippen molar-refractivity contribution in [1.82, 2.24) is 4.90 Å². The Hall–Kier alpha value is -0.530. The molecule has 2 nitrogen and oxygen atoms in total. The van der Waals surface area contributed by atoms with E-state index >= 15 is 0 Å². The molecule has 2 saturated carbocycles. The first-order valence-corrected chi connectivity index (χ1v) is 6.18. The van der Waals surface area contributed by atoms with Crippen molar-refractivity contribution in [3.63, 3.8) is 0 Å². The van der Waals surface area contributed by atoms with Gasteiger partial charge in [0.05, 0.1) is 5.84 Å². The van der Waals surface area contributed by atoms with Crippen molar-refractivity contribution in [2.24, 2.45) is 5.92 Å². The third-order valence-electron chi connectivity index (χ3n) is 3.63. The topological polar surface area (TPSA) is 27.1 Å². The second kappa shape index (κ2) is 4.33. The highest BCUT2D eigenvalue weighted by atomic mass is 15.2. The van der Waals surface area contributed by atoms with Crippen molar-refractivity contribution in [2.75, 3.05) is 6.54 Å². The average Bonchev–Trinajstić information content (AvgIpc) is 3.03. The summed E-state index contributed by atoms with van der Waals surface area (Å²) in [4.78, 5) is 2.37. The Labute approximate surface area is 87.2 Å². The van der Waals surface area contributed by atoms with E-state index in [0.29, 0.717) is 12.0 Å². The predicted octanol–water partition coefficient (Wildman–Crippen LogP) is 3.03. The fraction of sp³-hybridized carbons (Fsp3) is 0.917. The number of nitrogens with one attached hydrogen (secondary N) is 1. The van der Waals surface area contributed by atoms with Gasteiger partial charge in [-0.3, -0.25) is 5.41 Å². The van der Waals surface area contributed by atoms with E-state index in [1.165, 1.54) is 44.9 Å². The second-order valence-electron chi connectivity index (χ2n) is 4.74. The van der Waals surface area contributed by atoms with Crippen LogP contribution in [0.15, 0.2) is 0 Å². The van der Waals surface area contributed by atoms with E-state index in [4.69, 9.17) is 5.41 Å². The Bertz CT molecular complexity index is 202. The van der Waals surface area contributed by atoms with Crippen LogP contribution < -0.4 is 0 Å². The monoisotopic (exact) mass is 194 g/mol. The number of hydrogen-bond acceptors (Lipinski definition) is 1. The molecule has 0 aromatic rings. The molecule has 0 bridgehead atoms. The van der Waals surface area contributed by atoms with Gasteiger partial charge in [-0.25, -0.2) is 0 Å². The Kier molecular flexibility index (Phi) is 3.09. The van der Waals surface area contributed by atoms with Crippen molar-refractivity contribution in [2.45, 2.75) is 57.9 Å². The number of amidine groups is 1. The minimum absolute atomic E-state index is 0.622. The Morgan fingerprint density at radius 1 is 1.14 bits per heavy atom. The van der Waals surface area contributed by atoms with Crippen molar-refractivity contribution in [3.05, 3.63) is 0 Å². The number of rotatable bonds is 3. The summed E-state index contributed by atoms with van der Waals surface area (Å²) >= 11 is 0. The first-order valence-electron chi connectivity index (χ1n) is 6.18. The Morgan fingerprint density at radius 2 is 1.79 bits per heavy atom. The summed E-state index contributed by atoms with van der Waals surface area (Å²) in [5.74, 6) is 1.57. The van der Waals surface area contributed by atoms with E-state index in [0.717, 1.165) is 12.4 Å². The van der Waals surface area contributed by atoms with E-state index < -0.39 is 0 Å². The lowest BCUT2D eigenvalue weighted by molar-refractivity contribution is 0.245. The maximum Gasteiger partial charge on any atom is 0.0991 e. The van der Waals surface area contributed by atoms with Gasteiger partial charge in [-0.05, 0) is 32.6 Å². The molecular formula is C12H22N2. The van der Waals surface area contributed by atoms with E-state index in [9.17, 15) is 0 Å². The molecule has 2 fully saturated rings. The highest BCUT2D eigenvalue weighted by Gasteiger charge is 2.32. The highest BCUT2D eigenvalue weighted by molar-refractivity contribution is 5.84. The Balaban J connectivity index is 1.92. The molecule has 0 saturated heterocycles. The first kappa shape index (κ1) is 10.0. The van der Waals surface area contributed by atoms with Crippen molar-refractivity contribution in [1.29, 1.82) is 5.41 Å². The molecule has 0 atom stereocenters. The van der Waals surface area contributed by atoms with Crippen LogP contribution in [0.5, 0.6) is 0 Å². The zero-order valence-electron chi connectivity index (χ0n) is 9.26. The van der Waals surface area contributed by atoms with Gasteiger partial charge in [0.25, 0.3) is 0 Å². The molecule has 0 heterocycles. The molecule has 2 rings (SSSR count). The molecule has 0 aromatic heterocycles. The molecule has 1 N–H and O–H groups in total. The van der Waals surface area contributed by atoms with Crippen LogP contribution in [0.4, 0.5) is 0 Å². The summed E-state index contributed by atoms with van der Waals surface area (Å²) in [6, 6.07) is 0.696. The summed E-state index contributed by atoms with van der Waals surface area (Å²) < 4.78 is 0. The molecule has 0 amide bonds. The maximum atomic E-state index is 8.13. The largest absolute Gasteiger partial charge is 0.358 e. The summed E-state index contributed by atoms with van der Waals surface area (Å²) in [6.07, 6.45) is 9.33. The fourth-order valence-corrected chi connectivity index (χ4v) is 2.61. The van der Waals surface area contributed by atoms with Gasteiger partial charge in [-0.1, -0.05) is 19.3 Å². The standard InChI is InChI=1S/C12H22N2/c1-2-14(12(13)10-8-9-10)11-6-4-3-5-7-11/h10-11,13H,2-9H2,1H3. The van der Waals surface area contributed by atoms with Gasteiger partial charge in [0, 0.05) is 18.5 Å². The molecule has 0 spiro atoms. The Morgan fingerprint density at radius 3 is 2.29 bits per heavy atom. The van der Waals surface area contributed by atoms with E-state index in [1.54, 1.807) is 0 Å². The van der Waals surface area contributed by atoms with E-state index in [-0.39, 0.29) is 0 Å². The lowest BCUT2D eigenvalue weighted by atomic mass is 9.94. The van der Waals surface area contributed by atoms with E-state index in [2.05, 4.69) is 11.8 Å². The van der Waals surface area contributed by atoms with Crippen molar-refractivity contribution >= 4 is 5.84 Å². The van der Waals surface area contributed by atoms with Crippen LogP contribution in [0.25, 0.3) is 0 Å². The lowest BCUT2D eigenvalue weighted by Gasteiger charge is -2.35. The summed E-state index contributed by atoms with van der Waals surface area (Å²) in [5.41, 5.74) is 0. The van der Waals surface area contributed by atoms with Crippen LogP contribution >= 0.6 is 0 Å². The molecule has 0 aliphatic heterocycles. The molecule has 2 aliphatic rings. The smallest absolute Gasteiger partial charge is 0.0991 e. The van der Waals surface area contributed by atoms with Crippen LogP contribution in [-0.2, 0) is 0 Å². The quantitative estimate of drug-likeness (QED) is 0.542. The summed E-state index contributed by atoms with van der Waals surface area (Å²) in [7, 11) is 0. The fourth-order valence-electron chi connectivity index (χ4n) is 2.61. The van der Waals surface area contributed by atoms with Crippen LogP contribution in [0.3, 0.4) is 0 Å². The molecule has 0 aromatic carbocycles. The molecule has 2 heteroatoms. The predicted molar refractivity (Wildman–Crippen MR) is 59.7 cm³/mol. The minimum Gasteiger partial charge on any atom is -0.358 e. The maximum absolute atomic E-state index is 8.13. The van der Waals surface area contributed by atoms with Gasteiger partial charge in [0.2, 0.25) is 0 Å². The van der Waals surface area contributed by atoms with Gasteiger partial charge in [0.15, 0.2) is 0 Å². The molecule has 2 aliphatic carbocycles. The summed E-state index contributed by atoms with van der Waals surface area (Å²) in [6.45, 7) is 3.24. The number of hydrogen-bond donors (Lipinski definition) is 1. The molecular weight excluding hydrogens is 172 g/mol. The van der Waals surface area contributed by atoms with Crippen molar-refractivity contribution < 1.29 is 0 Å². The first-order chi connectivity index (χ1) is 6.83. The average molecular weight is 194 g/mol. The van der Waals surface area contributed by atoms with Gasteiger partial charge in [-0.2, -0.15) is 0 Å². The van der Waals surface area contributed by atoms with Crippen LogP contribution in [0.1, 0.15) is 51.9 Å². The SMILES string of the molecule is CCN(C(=N)C1CC1)C1CCCCC1. The lowest BCUT2D eigenvalue weighted by Crippen LogP contribution is -2.41. The van der Waals surface area contributed by atoms with Crippen molar-refractivity contribution in [3.8, 4) is 0 Å². The van der Waals surface area contributed by atoms with Gasteiger partial charge >= 0.3 is 0 Å². The molecule has 0 unspecified atom stereocenters. The normalized spacial score (nSPS) is 23.5. The summed E-state index contributed by atoms with van der Waals surface area (Å²) in [5, 5.41) is 8.13. The van der Waals surface area contributed by atoms with Gasteiger partial charge in [0.1, 0.15) is 0 Å². The second-order valence-corrected chi connectivity index (χ2v) is 4.74. The third kappa shape index (κ3) is 2.10. The molecule has 0 radical (unpaired) electrons. The zero-order chi connectivity index (χ0) is 9.97. The number of nitrogens with zero attached hydrogens (tertiary/aromatic N) is 1.